The molecule has 1 aliphatic heterocycles. The van der Waals surface area contributed by atoms with E-state index in [9.17, 15) is 5.11 Å². The van der Waals surface area contributed by atoms with Gasteiger partial charge >= 0.3 is 0 Å². The molecule has 7 heteroatoms. The Labute approximate surface area is 169 Å². The van der Waals surface area contributed by atoms with Crippen LogP contribution in [0.2, 0.25) is 0 Å². The van der Waals surface area contributed by atoms with Crippen molar-refractivity contribution in [1.29, 1.82) is 0 Å². The van der Waals surface area contributed by atoms with Gasteiger partial charge < -0.3 is 15.3 Å². The van der Waals surface area contributed by atoms with Crippen molar-refractivity contribution in [2.45, 2.75) is 25.9 Å². The molecule has 2 atom stereocenters. The van der Waals surface area contributed by atoms with Gasteiger partial charge in [-0.2, -0.15) is 5.10 Å². The van der Waals surface area contributed by atoms with Gasteiger partial charge in [-0.3, -0.25) is 4.68 Å². The summed E-state index contributed by atoms with van der Waals surface area (Å²) >= 11 is 0. The van der Waals surface area contributed by atoms with E-state index in [1.54, 1.807) is 10.7 Å². The van der Waals surface area contributed by atoms with E-state index in [-0.39, 0.29) is 5.75 Å². The molecule has 2 N–H and O–H groups in total. The third kappa shape index (κ3) is 3.27. The molecular formula is C22H24N6O. The van der Waals surface area contributed by atoms with Gasteiger partial charge in [-0.15, -0.1) is 0 Å². The van der Waals surface area contributed by atoms with E-state index in [1.807, 2.05) is 31.6 Å². The van der Waals surface area contributed by atoms with Crippen LogP contribution in [0.1, 0.15) is 13.8 Å². The molecule has 1 aliphatic rings. The molecule has 0 bridgehead atoms. The van der Waals surface area contributed by atoms with Crippen molar-refractivity contribution in [3.63, 3.8) is 0 Å². The summed E-state index contributed by atoms with van der Waals surface area (Å²) in [5, 5.41) is 20.3. The van der Waals surface area contributed by atoms with E-state index < -0.39 is 0 Å². The second-order valence-corrected chi connectivity index (χ2v) is 8.04. The van der Waals surface area contributed by atoms with E-state index >= 15 is 0 Å². The zero-order valence-electron chi connectivity index (χ0n) is 16.8. The molecular weight excluding hydrogens is 364 g/mol. The number of hydrogen-bond acceptors (Lipinski definition) is 6. The average Bonchev–Trinajstić information content (AvgIpc) is 3.04. The highest BCUT2D eigenvalue weighted by Gasteiger charge is 2.21. The molecule has 1 saturated heterocycles. The molecule has 5 rings (SSSR count). The largest absolute Gasteiger partial charge is 0.507 e. The van der Waals surface area contributed by atoms with Gasteiger partial charge in [-0.05, 0) is 38.1 Å². The summed E-state index contributed by atoms with van der Waals surface area (Å²) in [6.45, 7) is 6.39. The van der Waals surface area contributed by atoms with Gasteiger partial charge in [0.1, 0.15) is 5.75 Å². The van der Waals surface area contributed by atoms with Crippen LogP contribution in [-0.2, 0) is 7.05 Å². The zero-order valence-corrected chi connectivity index (χ0v) is 16.8. The first-order valence-electron chi connectivity index (χ1n) is 9.91. The number of phenols is 1. The number of anilines is 1. The van der Waals surface area contributed by atoms with Gasteiger partial charge in [0, 0.05) is 67.1 Å². The minimum absolute atomic E-state index is 0.135. The molecule has 0 aliphatic carbocycles. The van der Waals surface area contributed by atoms with Crippen molar-refractivity contribution >= 4 is 27.5 Å². The Balaban J connectivity index is 1.52. The van der Waals surface area contributed by atoms with E-state index in [0.29, 0.717) is 23.5 Å². The molecule has 0 unspecified atom stereocenters. The molecule has 0 amide bonds. The first-order valence-corrected chi connectivity index (χ1v) is 9.91. The Morgan fingerprint density at radius 3 is 2.62 bits per heavy atom. The molecule has 4 aromatic rings. The van der Waals surface area contributed by atoms with Gasteiger partial charge in [0.25, 0.3) is 0 Å². The standard InChI is InChI=1S/C22H24N6O/c1-13-10-28(11-14(2)24-13)17-4-5-19-15(6-17)9-23-22(25-19)18-7-16-12-27(3)26-20(16)8-21(18)29/h4-9,12-14,24,29H,10-11H2,1-3H3/t13-,14+. The molecule has 7 nitrogen and oxygen atoms in total. The van der Waals surface area contributed by atoms with Crippen LogP contribution in [0.25, 0.3) is 33.2 Å². The number of hydrogen-bond donors (Lipinski definition) is 2. The number of aromatic hydroxyl groups is 1. The molecule has 1 fully saturated rings. The number of fused-ring (bicyclic) bond motifs is 2. The van der Waals surface area contributed by atoms with Crippen molar-refractivity contribution < 1.29 is 5.11 Å². The lowest BCUT2D eigenvalue weighted by molar-refractivity contribution is 0.407. The monoisotopic (exact) mass is 388 g/mol. The lowest BCUT2D eigenvalue weighted by atomic mass is 10.1. The molecule has 29 heavy (non-hydrogen) atoms. The molecule has 148 valence electrons. The lowest BCUT2D eigenvalue weighted by Gasteiger charge is -2.37. The van der Waals surface area contributed by atoms with Crippen molar-refractivity contribution in [2.24, 2.45) is 7.05 Å². The van der Waals surface area contributed by atoms with Crippen LogP contribution in [0, 0.1) is 0 Å². The first kappa shape index (κ1) is 17.9. The summed E-state index contributed by atoms with van der Waals surface area (Å²) in [6, 6.07) is 10.8. The normalized spacial score (nSPS) is 19.9. The highest BCUT2D eigenvalue weighted by atomic mass is 16.3. The molecule has 3 heterocycles. The highest BCUT2D eigenvalue weighted by Crippen LogP contribution is 2.32. The zero-order chi connectivity index (χ0) is 20.1. The topological polar surface area (TPSA) is 79.1 Å². The second kappa shape index (κ2) is 6.70. The smallest absolute Gasteiger partial charge is 0.163 e. The van der Waals surface area contributed by atoms with Gasteiger partial charge in [-0.25, -0.2) is 9.97 Å². The fourth-order valence-corrected chi connectivity index (χ4v) is 4.25. The quantitative estimate of drug-likeness (QED) is 0.549. The van der Waals surface area contributed by atoms with Gasteiger partial charge in [-0.1, -0.05) is 0 Å². The maximum absolute atomic E-state index is 10.5. The SMILES string of the molecule is C[C@@H]1CN(c2ccc3nc(-c4cc5cn(C)nc5cc4O)ncc3c2)C[C@H](C)N1. The number of nitrogens with one attached hydrogen (secondary N) is 1. The Hall–Kier alpha value is -3.19. The molecule has 0 spiro atoms. The highest BCUT2D eigenvalue weighted by molar-refractivity contribution is 5.88. The van der Waals surface area contributed by atoms with E-state index in [2.05, 4.69) is 46.3 Å². The molecule has 0 radical (unpaired) electrons. The van der Waals surface area contributed by atoms with Crippen molar-refractivity contribution in [3.05, 3.63) is 42.7 Å². The fraction of sp³-hybridized carbons (Fsp3) is 0.318. The van der Waals surface area contributed by atoms with E-state index in [1.165, 1.54) is 5.69 Å². The second-order valence-electron chi connectivity index (χ2n) is 8.04. The van der Waals surface area contributed by atoms with Crippen LogP contribution in [0.15, 0.2) is 42.7 Å². The third-order valence-electron chi connectivity index (χ3n) is 5.46. The minimum atomic E-state index is 0.135. The Morgan fingerprint density at radius 2 is 1.83 bits per heavy atom. The van der Waals surface area contributed by atoms with Gasteiger partial charge in [0.2, 0.25) is 0 Å². The molecule has 2 aromatic carbocycles. The number of aromatic nitrogens is 4. The predicted octanol–water partition coefficient (Wildman–Crippen LogP) is 3.08. The van der Waals surface area contributed by atoms with Crippen molar-refractivity contribution in [1.82, 2.24) is 25.1 Å². The van der Waals surface area contributed by atoms with E-state index in [0.717, 1.165) is 34.9 Å². The number of rotatable bonds is 2. The fourth-order valence-electron chi connectivity index (χ4n) is 4.25. The van der Waals surface area contributed by atoms with Crippen LogP contribution in [0.4, 0.5) is 5.69 Å². The van der Waals surface area contributed by atoms with Gasteiger partial charge in [0.15, 0.2) is 5.82 Å². The summed E-state index contributed by atoms with van der Waals surface area (Å²) < 4.78 is 1.73. The number of nitrogens with zero attached hydrogens (tertiary/aromatic N) is 5. The molecule has 2 aromatic heterocycles. The summed E-state index contributed by atoms with van der Waals surface area (Å²) in [5.74, 6) is 0.647. The van der Waals surface area contributed by atoms with Crippen LogP contribution in [0.3, 0.4) is 0 Å². The van der Waals surface area contributed by atoms with Crippen LogP contribution >= 0.6 is 0 Å². The Morgan fingerprint density at radius 1 is 1.03 bits per heavy atom. The lowest BCUT2D eigenvalue weighted by Crippen LogP contribution is -2.54. The number of phenolic OH excluding ortho intramolecular Hbond substituents is 1. The Kier molecular flexibility index (Phi) is 4.13. The van der Waals surface area contributed by atoms with Crippen LogP contribution < -0.4 is 10.2 Å². The maximum atomic E-state index is 10.5. The van der Waals surface area contributed by atoms with Crippen molar-refractivity contribution in [3.8, 4) is 17.1 Å². The minimum Gasteiger partial charge on any atom is -0.507 e. The summed E-state index contributed by atoms with van der Waals surface area (Å²) in [7, 11) is 1.86. The predicted molar refractivity (Wildman–Crippen MR) is 115 cm³/mol. The average molecular weight is 388 g/mol. The summed E-state index contributed by atoms with van der Waals surface area (Å²) in [4.78, 5) is 11.6. The first-order chi connectivity index (χ1) is 14.0. The number of benzene rings is 2. The third-order valence-corrected chi connectivity index (χ3v) is 5.46. The maximum Gasteiger partial charge on any atom is 0.163 e. The van der Waals surface area contributed by atoms with Crippen LogP contribution in [0.5, 0.6) is 5.75 Å². The summed E-state index contributed by atoms with van der Waals surface area (Å²) in [5.41, 5.74) is 3.41. The number of aryl methyl sites for hydroxylation is 1. The van der Waals surface area contributed by atoms with E-state index in [4.69, 9.17) is 4.98 Å². The number of piperazine rings is 1. The Bertz CT molecular complexity index is 1210. The van der Waals surface area contributed by atoms with Gasteiger partial charge in [0.05, 0.1) is 16.6 Å². The molecule has 0 saturated carbocycles. The van der Waals surface area contributed by atoms with Crippen molar-refractivity contribution in [2.75, 3.05) is 18.0 Å². The summed E-state index contributed by atoms with van der Waals surface area (Å²) in [6.07, 6.45) is 3.75. The van der Waals surface area contributed by atoms with Crippen LogP contribution in [-0.4, -0.2) is 50.0 Å².